The molecule has 0 aliphatic rings. The van der Waals surface area contributed by atoms with Crippen LogP contribution in [0.25, 0.3) is 11.1 Å². The first-order chi connectivity index (χ1) is 16.4. The van der Waals surface area contributed by atoms with E-state index in [9.17, 15) is 22.8 Å². The van der Waals surface area contributed by atoms with Crippen molar-refractivity contribution in [1.29, 1.82) is 0 Å². The molecule has 0 heterocycles. The number of rotatable bonds is 10. The van der Waals surface area contributed by atoms with Gasteiger partial charge in [0.25, 0.3) is 0 Å². The second kappa shape index (κ2) is 12.5. The van der Waals surface area contributed by atoms with Crippen LogP contribution in [0.4, 0.5) is 18.0 Å². The highest BCUT2D eigenvalue weighted by Gasteiger charge is 2.31. The topological polar surface area (TPSA) is 76.7 Å². The molecular formula is C26H33F3N2O4. The van der Waals surface area contributed by atoms with Crippen LogP contribution in [0.5, 0.6) is 5.75 Å². The first-order valence-corrected chi connectivity index (χ1v) is 11.6. The maximum Gasteiger partial charge on any atom is 0.573 e. The number of halogens is 3. The lowest BCUT2D eigenvalue weighted by atomic mass is 10.0. The van der Waals surface area contributed by atoms with Crippen LogP contribution in [-0.4, -0.2) is 36.6 Å². The standard InChI is InChI=1S/C26H33F3N2O4/c1-5-6-7-22(31-24(33)35-25(2,3)4)23(32)30-17-16-18-8-10-19(11-9-18)20-12-14-21(15-13-20)34-26(27,28)29/h8-15,22H,5-7,16-17H2,1-4H3,(H,30,32)(H,31,33)/t22-/m0/s1. The minimum atomic E-state index is -4.72. The Labute approximate surface area is 204 Å². The van der Waals surface area contributed by atoms with E-state index in [-0.39, 0.29) is 11.7 Å². The van der Waals surface area contributed by atoms with Crippen molar-refractivity contribution in [3.8, 4) is 16.9 Å². The number of amides is 2. The Morgan fingerprint density at radius 3 is 2.03 bits per heavy atom. The fourth-order valence-electron chi connectivity index (χ4n) is 3.29. The maximum absolute atomic E-state index is 12.6. The van der Waals surface area contributed by atoms with Crippen molar-refractivity contribution in [3.05, 3.63) is 54.1 Å². The van der Waals surface area contributed by atoms with Crippen molar-refractivity contribution in [1.82, 2.24) is 10.6 Å². The average molecular weight is 495 g/mol. The van der Waals surface area contributed by atoms with Crippen LogP contribution in [-0.2, 0) is 16.0 Å². The zero-order valence-corrected chi connectivity index (χ0v) is 20.5. The maximum atomic E-state index is 12.6. The second-order valence-corrected chi connectivity index (χ2v) is 9.15. The Morgan fingerprint density at radius 1 is 0.943 bits per heavy atom. The molecule has 0 saturated carbocycles. The average Bonchev–Trinajstić information content (AvgIpc) is 2.75. The van der Waals surface area contributed by atoms with Crippen LogP contribution in [0.15, 0.2) is 48.5 Å². The van der Waals surface area contributed by atoms with Crippen LogP contribution in [0, 0.1) is 0 Å². The molecule has 1 atom stereocenters. The van der Waals surface area contributed by atoms with Gasteiger partial charge in [0.15, 0.2) is 0 Å². The molecule has 0 bridgehead atoms. The van der Waals surface area contributed by atoms with Crippen molar-refractivity contribution >= 4 is 12.0 Å². The van der Waals surface area contributed by atoms with Gasteiger partial charge in [-0.15, -0.1) is 13.2 Å². The van der Waals surface area contributed by atoms with Gasteiger partial charge in [0.1, 0.15) is 17.4 Å². The summed E-state index contributed by atoms with van der Waals surface area (Å²) in [6.07, 6.45) is -2.56. The molecule has 0 aliphatic carbocycles. The van der Waals surface area contributed by atoms with Crippen molar-refractivity contribution in [3.63, 3.8) is 0 Å². The molecule has 0 saturated heterocycles. The third-order valence-electron chi connectivity index (χ3n) is 4.94. The van der Waals surface area contributed by atoms with Gasteiger partial charge in [-0.05, 0) is 62.4 Å². The normalized spacial score (nSPS) is 12.5. The largest absolute Gasteiger partial charge is 0.573 e. The number of benzene rings is 2. The molecule has 6 nitrogen and oxygen atoms in total. The molecule has 2 aromatic carbocycles. The van der Waals surface area contributed by atoms with Gasteiger partial charge in [-0.3, -0.25) is 4.79 Å². The van der Waals surface area contributed by atoms with Crippen LogP contribution in [0.3, 0.4) is 0 Å². The van der Waals surface area contributed by atoms with E-state index in [1.807, 2.05) is 31.2 Å². The predicted octanol–water partition coefficient (Wildman–Crippen LogP) is 5.99. The number of alkyl carbamates (subject to hydrolysis) is 1. The van der Waals surface area contributed by atoms with Gasteiger partial charge in [0.05, 0.1) is 0 Å². The monoisotopic (exact) mass is 494 g/mol. The Hall–Kier alpha value is -3.23. The molecule has 2 rings (SSSR count). The highest BCUT2D eigenvalue weighted by Crippen LogP contribution is 2.26. The lowest BCUT2D eigenvalue weighted by Crippen LogP contribution is -2.48. The quantitative estimate of drug-likeness (QED) is 0.425. The molecule has 2 amide bonds. The molecule has 0 unspecified atom stereocenters. The lowest BCUT2D eigenvalue weighted by Gasteiger charge is -2.23. The number of ether oxygens (including phenoxy) is 2. The summed E-state index contributed by atoms with van der Waals surface area (Å²) in [6.45, 7) is 7.68. The number of alkyl halides is 3. The Morgan fingerprint density at radius 2 is 1.51 bits per heavy atom. The Bertz CT molecular complexity index is 953. The first-order valence-electron chi connectivity index (χ1n) is 11.6. The first kappa shape index (κ1) is 28.0. The van der Waals surface area contributed by atoms with Gasteiger partial charge in [-0.1, -0.05) is 56.2 Å². The zero-order chi connectivity index (χ0) is 26.1. The number of carbonyl (C=O) groups is 2. The molecular weight excluding hydrogens is 461 g/mol. The van der Waals surface area contributed by atoms with Crippen LogP contribution in [0.1, 0.15) is 52.5 Å². The minimum Gasteiger partial charge on any atom is -0.444 e. The summed E-state index contributed by atoms with van der Waals surface area (Å²) in [4.78, 5) is 24.7. The van der Waals surface area contributed by atoms with Crippen LogP contribution in [0.2, 0.25) is 0 Å². The number of unbranched alkanes of at least 4 members (excludes halogenated alkanes) is 1. The van der Waals surface area contributed by atoms with E-state index in [1.54, 1.807) is 32.9 Å². The Balaban J connectivity index is 1.88. The summed E-state index contributed by atoms with van der Waals surface area (Å²) < 4.78 is 46.1. The number of hydrogen-bond acceptors (Lipinski definition) is 4. The molecule has 0 radical (unpaired) electrons. The van der Waals surface area contributed by atoms with E-state index < -0.39 is 24.1 Å². The summed E-state index contributed by atoms with van der Waals surface area (Å²) in [6, 6.07) is 12.5. The second-order valence-electron chi connectivity index (χ2n) is 9.15. The molecule has 0 aliphatic heterocycles. The fourth-order valence-corrected chi connectivity index (χ4v) is 3.29. The fraction of sp³-hybridized carbons (Fsp3) is 0.462. The van der Waals surface area contributed by atoms with Crippen molar-refractivity contribution in [2.45, 2.75) is 71.4 Å². The van der Waals surface area contributed by atoms with Gasteiger partial charge in [-0.25, -0.2) is 4.79 Å². The predicted molar refractivity (Wildman–Crippen MR) is 128 cm³/mol. The Kier molecular flexibility index (Phi) is 9.98. The number of hydrogen-bond donors (Lipinski definition) is 2. The summed E-state index contributed by atoms with van der Waals surface area (Å²) in [5.41, 5.74) is 1.93. The SMILES string of the molecule is CCCC[C@H](NC(=O)OC(C)(C)C)C(=O)NCCc1ccc(-c2ccc(OC(F)(F)F)cc2)cc1. The molecule has 0 fully saturated rings. The van der Waals surface area contributed by atoms with E-state index >= 15 is 0 Å². The molecule has 0 aromatic heterocycles. The van der Waals surface area contributed by atoms with Crippen molar-refractivity contribution in [2.75, 3.05) is 6.54 Å². The minimum absolute atomic E-state index is 0.262. The van der Waals surface area contributed by atoms with Crippen molar-refractivity contribution < 1.29 is 32.2 Å². The van der Waals surface area contributed by atoms with Crippen LogP contribution >= 0.6 is 0 Å². The zero-order valence-electron chi connectivity index (χ0n) is 20.5. The number of nitrogens with one attached hydrogen (secondary N) is 2. The summed E-state index contributed by atoms with van der Waals surface area (Å²) >= 11 is 0. The summed E-state index contributed by atoms with van der Waals surface area (Å²) in [5.74, 6) is -0.533. The van der Waals surface area contributed by atoms with E-state index in [4.69, 9.17) is 4.74 Å². The van der Waals surface area contributed by atoms with E-state index in [0.29, 0.717) is 19.4 Å². The number of carbonyl (C=O) groups excluding carboxylic acids is 2. The highest BCUT2D eigenvalue weighted by molar-refractivity contribution is 5.85. The highest BCUT2D eigenvalue weighted by atomic mass is 19.4. The molecule has 9 heteroatoms. The smallest absolute Gasteiger partial charge is 0.444 e. The van der Waals surface area contributed by atoms with Gasteiger partial charge in [0.2, 0.25) is 5.91 Å². The molecule has 0 spiro atoms. The third kappa shape index (κ3) is 10.7. The summed E-state index contributed by atoms with van der Waals surface area (Å²) in [5, 5.41) is 5.52. The van der Waals surface area contributed by atoms with Crippen molar-refractivity contribution in [2.24, 2.45) is 0 Å². The van der Waals surface area contributed by atoms with Gasteiger partial charge < -0.3 is 20.1 Å². The molecule has 192 valence electrons. The molecule has 2 N–H and O–H groups in total. The van der Waals surface area contributed by atoms with Crippen LogP contribution < -0.4 is 15.4 Å². The van der Waals surface area contributed by atoms with Gasteiger partial charge in [-0.2, -0.15) is 0 Å². The van der Waals surface area contributed by atoms with Gasteiger partial charge >= 0.3 is 12.5 Å². The van der Waals surface area contributed by atoms with E-state index in [1.165, 1.54) is 12.1 Å². The summed E-state index contributed by atoms with van der Waals surface area (Å²) in [7, 11) is 0. The van der Waals surface area contributed by atoms with E-state index in [2.05, 4.69) is 15.4 Å². The molecule has 35 heavy (non-hydrogen) atoms. The van der Waals surface area contributed by atoms with Gasteiger partial charge in [0, 0.05) is 6.54 Å². The van der Waals surface area contributed by atoms with E-state index in [0.717, 1.165) is 29.5 Å². The lowest BCUT2D eigenvalue weighted by molar-refractivity contribution is -0.274. The third-order valence-corrected chi connectivity index (χ3v) is 4.94. The molecule has 2 aromatic rings.